The number of nitrogens with one attached hydrogen (secondary N) is 1. The average Bonchev–Trinajstić information content (AvgIpc) is 3.40. The number of rotatable bonds is 7. The summed E-state index contributed by atoms with van der Waals surface area (Å²) in [6.07, 6.45) is 1.52. The molecule has 1 fully saturated rings. The minimum absolute atomic E-state index is 0.0479. The van der Waals surface area contributed by atoms with Crippen LogP contribution in [-0.2, 0) is 4.79 Å². The van der Waals surface area contributed by atoms with Crippen LogP contribution in [-0.4, -0.2) is 41.8 Å². The maximum atomic E-state index is 13.2. The van der Waals surface area contributed by atoms with Gasteiger partial charge >= 0.3 is 0 Å². The number of ether oxygens (including phenoxy) is 1. The molecule has 0 aliphatic carbocycles. The first-order valence-electron chi connectivity index (χ1n) is 12.3. The van der Waals surface area contributed by atoms with E-state index in [0.29, 0.717) is 11.4 Å². The SMILES string of the molecule is COc1ccc(-c2cc(C(=O)Nc3ccc(N4CCC(C(N)=O)CC4)cc3)nn2-c2ccccc2)cc1. The summed E-state index contributed by atoms with van der Waals surface area (Å²) in [7, 11) is 1.63. The molecule has 0 saturated carbocycles. The van der Waals surface area contributed by atoms with E-state index in [0.717, 1.165) is 54.3 Å². The van der Waals surface area contributed by atoms with Crippen molar-refractivity contribution in [2.45, 2.75) is 12.8 Å². The summed E-state index contributed by atoms with van der Waals surface area (Å²) >= 11 is 0. The fraction of sp³-hybridized carbons (Fsp3) is 0.207. The van der Waals surface area contributed by atoms with Gasteiger partial charge < -0.3 is 20.7 Å². The van der Waals surface area contributed by atoms with Gasteiger partial charge in [0.15, 0.2) is 5.69 Å². The summed E-state index contributed by atoms with van der Waals surface area (Å²) in [5, 5.41) is 7.59. The molecule has 3 N–H and O–H groups in total. The number of hydrogen-bond acceptors (Lipinski definition) is 5. The van der Waals surface area contributed by atoms with Crippen molar-refractivity contribution >= 4 is 23.2 Å². The monoisotopic (exact) mass is 495 g/mol. The van der Waals surface area contributed by atoms with Crippen LogP contribution in [0.25, 0.3) is 16.9 Å². The molecule has 2 amide bonds. The summed E-state index contributed by atoms with van der Waals surface area (Å²) in [4.78, 5) is 26.8. The third kappa shape index (κ3) is 5.33. The van der Waals surface area contributed by atoms with Gasteiger partial charge in [-0.15, -0.1) is 0 Å². The average molecular weight is 496 g/mol. The molecule has 0 bridgehead atoms. The van der Waals surface area contributed by atoms with Crippen molar-refractivity contribution in [2.24, 2.45) is 11.7 Å². The number of nitrogens with zero attached hydrogens (tertiary/aromatic N) is 3. The number of carbonyl (C=O) groups is 2. The highest BCUT2D eigenvalue weighted by Gasteiger charge is 2.23. The quantitative estimate of drug-likeness (QED) is 0.393. The zero-order chi connectivity index (χ0) is 25.8. The number of primary amides is 1. The van der Waals surface area contributed by atoms with Crippen LogP contribution in [0.1, 0.15) is 23.3 Å². The first-order chi connectivity index (χ1) is 18.0. The molecule has 8 nitrogen and oxygen atoms in total. The zero-order valence-corrected chi connectivity index (χ0v) is 20.6. The lowest BCUT2D eigenvalue weighted by Gasteiger charge is -2.32. The van der Waals surface area contributed by atoms with Gasteiger partial charge in [-0.3, -0.25) is 9.59 Å². The number of piperidine rings is 1. The minimum Gasteiger partial charge on any atom is -0.497 e. The van der Waals surface area contributed by atoms with Crippen molar-refractivity contribution in [1.82, 2.24) is 9.78 Å². The van der Waals surface area contributed by atoms with Crippen LogP contribution in [0.2, 0.25) is 0 Å². The molecule has 1 aliphatic rings. The Morgan fingerprint density at radius 3 is 2.22 bits per heavy atom. The standard InChI is InChI=1S/C29H29N5O3/c1-37-25-13-7-20(8-14-25)27-19-26(32-34(27)24-5-3-2-4-6-24)29(36)31-22-9-11-23(12-10-22)33-17-15-21(16-18-33)28(30)35/h2-14,19,21H,15-18H2,1H3,(H2,30,35)(H,31,36). The van der Waals surface area contributed by atoms with Crippen LogP contribution < -0.4 is 20.7 Å². The molecule has 0 radical (unpaired) electrons. The molecule has 0 spiro atoms. The van der Waals surface area contributed by atoms with Gasteiger partial charge in [-0.2, -0.15) is 5.10 Å². The Kier molecular flexibility index (Phi) is 6.89. The lowest BCUT2D eigenvalue weighted by Crippen LogP contribution is -2.38. The number of para-hydroxylation sites is 1. The highest BCUT2D eigenvalue weighted by molar-refractivity contribution is 6.03. The van der Waals surface area contributed by atoms with Gasteiger partial charge in [-0.25, -0.2) is 4.68 Å². The topological polar surface area (TPSA) is 102 Å². The van der Waals surface area contributed by atoms with E-state index in [1.807, 2.05) is 78.9 Å². The van der Waals surface area contributed by atoms with Gasteiger partial charge in [0.1, 0.15) is 5.75 Å². The smallest absolute Gasteiger partial charge is 0.276 e. The molecule has 2 heterocycles. The number of methoxy groups -OCH3 is 1. The molecular formula is C29H29N5O3. The van der Waals surface area contributed by atoms with Crippen molar-refractivity contribution in [3.63, 3.8) is 0 Å². The van der Waals surface area contributed by atoms with Crippen LogP contribution in [0.3, 0.4) is 0 Å². The van der Waals surface area contributed by atoms with Crippen molar-refractivity contribution in [3.8, 4) is 22.7 Å². The third-order valence-electron chi connectivity index (χ3n) is 6.72. The first-order valence-corrected chi connectivity index (χ1v) is 12.3. The van der Waals surface area contributed by atoms with Crippen molar-refractivity contribution in [2.75, 3.05) is 30.4 Å². The van der Waals surface area contributed by atoms with E-state index in [-0.39, 0.29) is 17.7 Å². The normalized spacial score (nSPS) is 13.8. The van der Waals surface area contributed by atoms with Gasteiger partial charge in [0.25, 0.3) is 5.91 Å². The summed E-state index contributed by atoms with van der Waals surface area (Å²) < 4.78 is 7.06. The Hall–Kier alpha value is -4.59. The van der Waals surface area contributed by atoms with Gasteiger partial charge in [0.2, 0.25) is 5.91 Å². The van der Waals surface area contributed by atoms with E-state index in [4.69, 9.17) is 10.5 Å². The van der Waals surface area contributed by atoms with Crippen LogP contribution in [0, 0.1) is 5.92 Å². The number of aromatic nitrogens is 2. The van der Waals surface area contributed by atoms with Crippen LogP contribution in [0.5, 0.6) is 5.75 Å². The Balaban J connectivity index is 1.34. The van der Waals surface area contributed by atoms with Gasteiger partial charge in [0, 0.05) is 35.9 Å². The number of amides is 2. The van der Waals surface area contributed by atoms with Crippen LogP contribution in [0.4, 0.5) is 11.4 Å². The van der Waals surface area contributed by atoms with E-state index in [2.05, 4.69) is 15.3 Å². The number of benzene rings is 3. The molecule has 1 aliphatic heterocycles. The number of hydrogen-bond donors (Lipinski definition) is 2. The molecule has 1 saturated heterocycles. The Labute approximate surface area is 215 Å². The van der Waals surface area contributed by atoms with Crippen molar-refractivity contribution in [3.05, 3.63) is 90.6 Å². The lowest BCUT2D eigenvalue weighted by molar-refractivity contribution is -0.122. The molecular weight excluding hydrogens is 466 g/mol. The van der Waals surface area contributed by atoms with E-state index in [9.17, 15) is 9.59 Å². The van der Waals surface area contributed by atoms with Crippen LogP contribution >= 0.6 is 0 Å². The van der Waals surface area contributed by atoms with Crippen LogP contribution in [0.15, 0.2) is 84.9 Å². The maximum Gasteiger partial charge on any atom is 0.276 e. The second-order valence-corrected chi connectivity index (χ2v) is 9.06. The molecule has 0 atom stereocenters. The fourth-order valence-electron chi connectivity index (χ4n) is 4.60. The summed E-state index contributed by atoms with van der Waals surface area (Å²) in [6.45, 7) is 1.56. The Morgan fingerprint density at radius 2 is 1.59 bits per heavy atom. The van der Waals surface area contributed by atoms with E-state index < -0.39 is 0 Å². The van der Waals surface area contributed by atoms with Crippen molar-refractivity contribution in [1.29, 1.82) is 0 Å². The zero-order valence-electron chi connectivity index (χ0n) is 20.6. The molecule has 0 unspecified atom stereocenters. The molecule has 3 aromatic carbocycles. The maximum absolute atomic E-state index is 13.2. The van der Waals surface area contributed by atoms with E-state index >= 15 is 0 Å². The predicted octanol–water partition coefficient (Wildman–Crippen LogP) is 4.50. The number of nitrogens with two attached hydrogens (primary N) is 1. The largest absolute Gasteiger partial charge is 0.497 e. The summed E-state index contributed by atoms with van der Waals surface area (Å²) in [6, 6.07) is 26.9. The molecule has 4 aromatic rings. The van der Waals surface area contributed by atoms with Crippen molar-refractivity contribution < 1.29 is 14.3 Å². The van der Waals surface area contributed by atoms with E-state index in [1.165, 1.54) is 0 Å². The van der Waals surface area contributed by atoms with E-state index in [1.54, 1.807) is 17.9 Å². The number of anilines is 2. The minimum atomic E-state index is -0.292. The molecule has 8 heteroatoms. The number of carbonyl (C=O) groups excluding carboxylic acids is 2. The predicted molar refractivity (Wildman–Crippen MR) is 144 cm³/mol. The highest BCUT2D eigenvalue weighted by Crippen LogP contribution is 2.27. The van der Waals surface area contributed by atoms with Gasteiger partial charge in [-0.05, 0) is 79.6 Å². The Morgan fingerprint density at radius 1 is 0.919 bits per heavy atom. The second kappa shape index (κ2) is 10.6. The highest BCUT2D eigenvalue weighted by atomic mass is 16.5. The third-order valence-corrected chi connectivity index (χ3v) is 6.72. The molecule has 1 aromatic heterocycles. The summed E-state index contributed by atoms with van der Waals surface area (Å²) in [5.74, 6) is 0.198. The van der Waals surface area contributed by atoms with Gasteiger partial charge in [0.05, 0.1) is 18.5 Å². The Bertz CT molecular complexity index is 1370. The molecule has 188 valence electrons. The lowest BCUT2D eigenvalue weighted by atomic mass is 9.96. The summed E-state index contributed by atoms with van der Waals surface area (Å²) in [5.41, 5.74) is 10.1. The first kappa shape index (κ1) is 24.1. The molecule has 5 rings (SSSR count). The van der Waals surface area contributed by atoms with Gasteiger partial charge in [-0.1, -0.05) is 18.2 Å². The second-order valence-electron chi connectivity index (χ2n) is 9.06. The molecule has 37 heavy (non-hydrogen) atoms. The fourth-order valence-corrected chi connectivity index (χ4v) is 4.60.